The molecule has 0 bridgehead atoms. The van der Waals surface area contributed by atoms with Crippen LogP contribution in [0.3, 0.4) is 0 Å². The number of hydrogen-bond donors (Lipinski definition) is 2. The maximum atomic E-state index is 12.8. The lowest BCUT2D eigenvalue weighted by Crippen LogP contribution is -2.34. The number of ether oxygens (including phenoxy) is 2. The Kier molecular flexibility index (Phi) is 6.20. The Bertz CT molecular complexity index is 1290. The third-order valence-electron chi connectivity index (χ3n) is 4.59. The number of amides is 1. The molecule has 0 fully saturated rings. The highest BCUT2D eigenvalue weighted by Gasteiger charge is 2.19. The van der Waals surface area contributed by atoms with Gasteiger partial charge in [-0.15, -0.1) is 10.2 Å². The molecule has 0 saturated carbocycles. The van der Waals surface area contributed by atoms with Crippen LogP contribution in [0, 0.1) is 0 Å². The van der Waals surface area contributed by atoms with Crippen LogP contribution >= 0.6 is 23.8 Å². The minimum absolute atomic E-state index is 0.0552. The molecule has 1 amide bonds. The van der Waals surface area contributed by atoms with E-state index in [1.54, 1.807) is 30.3 Å². The summed E-state index contributed by atoms with van der Waals surface area (Å²) in [5.74, 6) is 0.243. The summed E-state index contributed by atoms with van der Waals surface area (Å²) in [7, 11) is 2.94. The van der Waals surface area contributed by atoms with Crippen LogP contribution in [-0.2, 0) is 0 Å². The highest BCUT2D eigenvalue weighted by atomic mass is 35.5. The fourth-order valence-electron chi connectivity index (χ4n) is 3.10. The normalized spacial score (nSPS) is 10.6. The first-order valence-electron chi connectivity index (χ1n) is 9.45. The Morgan fingerprint density at radius 3 is 2.22 bits per heavy atom. The van der Waals surface area contributed by atoms with Crippen molar-refractivity contribution >= 4 is 51.6 Å². The summed E-state index contributed by atoms with van der Waals surface area (Å²) >= 11 is 11.7. The zero-order valence-electron chi connectivity index (χ0n) is 17.1. The first-order valence-corrected chi connectivity index (χ1v) is 10.2. The fraction of sp³-hybridized carbons (Fsp3) is 0.0909. The van der Waals surface area contributed by atoms with Crippen LogP contribution in [0.5, 0.6) is 11.5 Å². The van der Waals surface area contributed by atoms with Crippen molar-refractivity contribution < 1.29 is 14.3 Å². The Morgan fingerprint density at radius 2 is 1.59 bits per heavy atom. The van der Waals surface area contributed by atoms with Crippen LogP contribution in [0.15, 0.2) is 60.7 Å². The number of para-hydroxylation sites is 1. The molecule has 1 aromatic heterocycles. The van der Waals surface area contributed by atoms with Gasteiger partial charge in [-0.3, -0.25) is 10.1 Å². The van der Waals surface area contributed by atoms with E-state index in [-0.39, 0.29) is 10.7 Å². The average Bonchev–Trinajstić information content (AvgIpc) is 3.21. The van der Waals surface area contributed by atoms with Gasteiger partial charge in [-0.05, 0) is 48.6 Å². The lowest BCUT2D eigenvalue weighted by atomic mass is 10.1. The van der Waals surface area contributed by atoms with Crippen molar-refractivity contribution in [2.45, 2.75) is 0 Å². The average molecular weight is 468 g/mol. The molecule has 0 saturated heterocycles. The Hall–Kier alpha value is -3.69. The summed E-state index contributed by atoms with van der Waals surface area (Å²) in [6.07, 6.45) is 0. The maximum Gasteiger partial charge on any atom is 0.264 e. The molecule has 0 atom stereocenters. The van der Waals surface area contributed by atoms with Crippen molar-refractivity contribution in [3.05, 3.63) is 71.2 Å². The van der Waals surface area contributed by atoms with Crippen LogP contribution < -0.4 is 20.1 Å². The molecular weight excluding hydrogens is 450 g/mol. The Morgan fingerprint density at radius 1 is 0.969 bits per heavy atom. The van der Waals surface area contributed by atoms with Crippen molar-refractivity contribution in [2.24, 2.45) is 0 Å². The number of carbonyl (C=O) groups excluding carboxylic acids is 1. The van der Waals surface area contributed by atoms with Crippen LogP contribution in [0.2, 0.25) is 5.02 Å². The summed E-state index contributed by atoms with van der Waals surface area (Å²) in [6, 6.07) is 18.0. The van der Waals surface area contributed by atoms with Crippen LogP contribution in [0.25, 0.3) is 16.7 Å². The van der Waals surface area contributed by atoms with E-state index in [4.69, 9.17) is 33.3 Å². The molecule has 4 aromatic rings. The third kappa shape index (κ3) is 4.34. The Balaban J connectivity index is 1.55. The molecule has 1 heterocycles. The number of aromatic nitrogens is 3. The Labute approximate surface area is 194 Å². The molecule has 0 aliphatic rings. The van der Waals surface area contributed by atoms with Crippen LogP contribution in [-0.4, -0.2) is 40.2 Å². The number of carbonyl (C=O) groups is 1. The quantitative estimate of drug-likeness (QED) is 0.425. The van der Waals surface area contributed by atoms with E-state index in [2.05, 4.69) is 20.8 Å². The molecule has 0 radical (unpaired) electrons. The summed E-state index contributed by atoms with van der Waals surface area (Å²) in [5.41, 5.74) is 2.77. The van der Waals surface area contributed by atoms with E-state index in [9.17, 15) is 4.79 Å². The molecule has 2 N–H and O–H groups in total. The van der Waals surface area contributed by atoms with E-state index in [1.165, 1.54) is 19.0 Å². The number of nitrogens with one attached hydrogen (secondary N) is 2. The van der Waals surface area contributed by atoms with Crippen molar-refractivity contribution in [3.63, 3.8) is 0 Å². The molecule has 162 valence electrons. The van der Waals surface area contributed by atoms with Crippen molar-refractivity contribution in [3.8, 4) is 17.2 Å². The lowest BCUT2D eigenvalue weighted by Gasteiger charge is -2.14. The molecule has 0 aliphatic heterocycles. The van der Waals surface area contributed by atoms with Gasteiger partial charge in [-0.2, -0.15) is 4.80 Å². The summed E-state index contributed by atoms with van der Waals surface area (Å²) in [5, 5.41) is 14.9. The number of thiocarbonyl (C=S) groups is 1. The standard InChI is InChI=1S/C22H18ClN5O3S/c1-30-18-9-6-10-19(31-2)20(18)21(29)25-22(32)24-15-12-17-16(11-14(15)23)26-28(27-17)13-7-4-3-5-8-13/h3-12H,1-2H3,(H2,24,25,29,32). The van der Waals surface area contributed by atoms with Crippen LogP contribution in [0.4, 0.5) is 5.69 Å². The smallest absolute Gasteiger partial charge is 0.264 e. The number of halogens is 1. The second-order valence-electron chi connectivity index (χ2n) is 6.59. The lowest BCUT2D eigenvalue weighted by molar-refractivity contribution is 0.0971. The monoisotopic (exact) mass is 467 g/mol. The van der Waals surface area contributed by atoms with Gasteiger partial charge in [0, 0.05) is 0 Å². The van der Waals surface area contributed by atoms with E-state index in [0.717, 1.165) is 5.69 Å². The topological polar surface area (TPSA) is 90.3 Å². The van der Waals surface area contributed by atoms with Gasteiger partial charge >= 0.3 is 0 Å². The number of anilines is 1. The summed E-state index contributed by atoms with van der Waals surface area (Å²) in [6.45, 7) is 0. The molecule has 0 unspecified atom stereocenters. The molecular formula is C22H18ClN5O3S. The first kappa shape index (κ1) is 21.5. The second-order valence-corrected chi connectivity index (χ2v) is 7.41. The third-order valence-corrected chi connectivity index (χ3v) is 5.10. The minimum Gasteiger partial charge on any atom is -0.496 e. The number of methoxy groups -OCH3 is 2. The molecule has 0 aliphatic carbocycles. The maximum absolute atomic E-state index is 12.8. The first-order chi connectivity index (χ1) is 15.5. The number of fused-ring (bicyclic) bond motifs is 1. The van der Waals surface area contributed by atoms with Gasteiger partial charge in [-0.1, -0.05) is 35.9 Å². The number of benzene rings is 3. The number of hydrogen-bond acceptors (Lipinski definition) is 6. The van der Waals surface area contributed by atoms with Gasteiger partial charge in [0.05, 0.1) is 30.6 Å². The van der Waals surface area contributed by atoms with E-state index in [0.29, 0.717) is 33.2 Å². The van der Waals surface area contributed by atoms with Crippen molar-refractivity contribution in [1.29, 1.82) is 0 Å². The molecule has 4 rings (SSSR count). The largest absolute Gasteiger partial charge is 0.496 e. The SMILES string of the molecule is COc1cccc(OC)c1C(=O)NC(=S)Nc1cc2nn(-c3ccccc3)nc2cc1Cl. The van der Waals surface area contributed by atoms with E-state index in [1.807, 2.05) is 30.3 Å². The van der Waals surface area contributed by atoms with Crippen molar-refractivity contribution in [2.75, 3.05) is 19.5 Å². The van der Waals surface area contributed by atoms with E-state index >= 15 is 0 Å². The van der Waals surface area contributed by atoms with Gasteiger partial charge < -0.3 is 14.8 Å². The molecule has 8 nitrogen and oxygen atoms in total. The molecule has 3 aromatic carbocycles. The minimum atomic E-state index is -0.482. The van der Waals surface area contributed by atoms with Crippen LogP contribution in [0.1, 0.15) is 10.4 Å². The predicted octanol–water partition coefficient (Wildman–Crippen LogP) is 4.22. The molecule has 10 heteroatoms. The van der Waals surface area contributed by atoms with E-state index < -0.39 is 5.91 Å². The van der Waals surface area contributed by atoms with Gasteiger partial charge in [0.1, 0.15) is 28.1 Å². The summed E-state index contributed by atoms with van der Waals surface area (Å²) in [4.78, 5) is 14.3. The van der Waals surface area contributed by atoms with Gasteiger partial charge in [0.15, 0.2) is 5.11 Å². The molecule has 32 heavy (non-hydrogen) atoms. The van der Waals surface area contributed by atoms with Gasteiger partial charge in [0.25, 0.3) is 5.91 Å². The highest BCUT2D eigenvalue weighted by molar-refractivity contribution is 7.80. The zero-order valence-corrected chi connectivity index (χ0v) is 18.7. The van der Waals surface area contributed by atoms with Gasteiger partial charge in [0.2, 0.25) is 0 Å². The number of nitrogens with zero attached hydrogens (tertiary/aromatic N) is 3. The number of rotatable bonds is 5. The fourth-order valence-corrected chi connectivity index (χ4v) is 3.51. The zero-order chi connectivity index (χ0) is 22.7. The van der Waals surface area contributed by atoms with Crippen molar-refractivity contribution in [1.82, 2.24) is 20.3 Å². The summed E-state index contributed by atoms with van der Waals surface area (Å²) < 4.78 is 10.5. The predicted molar refractivity (Wildman–Crippen MR) is 127 cm³/mol. The van der Waals surface area contributed by atoms with Gasteiger partial charge in [-0.25, -0.2) is 0 Å². The molecule has 0 spiro atoms. The highest BCUT2D eigenvalue weighted by Crippen LogP contribution is 2.29. The second kappa shape index (κ2) is 9.21.